The Morgan fingerprint density at radius 2 is 2.08 bits per heavy atom. The third-order valence-electron chi connectivity index (χ3n) is 5.07. The first-order valence-electron chi connectivity index (χ1n) is 8.65. The number of carboxylic acid groups (broad SMARTS) is 1. The summed E-state index contributed by atoms with van der Waals surface area (Å²) in [6.45, 7) is 3.06. The largest absolute Gasteiger partial charge is 0.481 e. The molecule has 6 heteroatoms. The van der Waals surface area contributed by atoms with Crippen molar-refractivity contribution in [2.75, 3.05) is 19.8 Å². The summed E-state index contributed by atoms with van der Waals surface area (Å²) in [4.78, 5) is 27.0. The van der Waals surface area contributed by atoms with Gasteiger partial charge in [0, 0.05) is 43.3 Å². The number of carbonyl (C=O) groups is 2. The maximum atomic E-state index is 12.2. The highest BCUT2D eigenvalue weighted by atomic mass is 16.5. The molecule has 0 saturated carbocycles. The van der Waals surface area contributed by atoms with Crippen molar-refractivity contribution in [3.05, 3.63) is 35.5 Å². The smallest absolute Gasteiger partial charge is 0.311 e. The van der Waals surface area contributed by atoms with Gasteiger partial charge in [0.15, 0.2) is 0 Å². The predicted octanol–water partition coefficient (Wildman–Crippen LogP) is 2.41. The van der Waals surface area contributed by atoms with Gasteiger partial charge in [-0.1, -0.05) is 11.6 Å². The molecule has 0 aliphatic carbocycles. The highest BCUT2D eigenvalue weighted by Gasteiger charge is 2.40. The van der Waals surface area contributed by atoms with Crippen molar-refractivity contribution < 1.29 is 19.4 Å². The van der Waals surface area contributed by atoms with Crippen molar-refractivity contribution in [1.82, 2.24) is 10.3 Å². The summed E-state index contributed by atoms with van der Waals surface area (Å²) in [5.41, 5.74) is 2.45. The van der Waals surface area contributed by atoms with Crippen LogP contribution in [0.25, 0.3) is 10.9 Å². The van der Waals surface area contributed by atoms with E-state index in [0.29, 0.717) is 38.9 Å². The number of amides is 1. The minimum atomic E-state index is -0.897. The Labute approximate surface area is 146 Å². The summed E-state index contributed by atoms with van der Waals surface area (Å²) in [6, 6.07) is 6.20. The van der Waals surface area contributed by atoms with Gasteiger partial charge in [0.1, 0.15) is 0 Å². The van der Waals surface area contributed by atoms with Crippen molar-refractivity contribution in [1.29, 1.82) is 0 Å². The number of ether oxygens (including phenoxy) is 1. The molecule has 1 amide bonds. The van der Waals surface area contributed by atoms with E-state index in [9.17, 15) is 14.7 Å². The molecule has 3 N–H and O–H groups in total. The maximum Gasteiger partial charge on any atom is 0.311 e. The topological polar surface area (TPSA) is 91.4 Å². The summed E-state index contributed by atoms with van der Waals surface area (Å²) in [6.07, 6.45) is 3.77. The molecule has 6 nitrogen and oxygen atoms in total. The second-order valence-electron chi connectivity index (χ2n) is 6.84. The second kappa shape index (κ2) is 7.27. The normalized spacial score (nSPS) is 16.7. The zero-order valence-electron chi connectivity index (χ0n) is 14.4. The van der Waals surface area contributed by atoms with Gasteiger partial charge < -0.3 is 20.1 Å². The average molecular weight is 344 g/mol. The van der Waals surface area contributed by atoms with Gasteiger partial charge in [-0.2, -0.15) is 0 Å². The summed E-state index contributed by atoms with van der Waals surface area (Å²) in [7, 11) is 0. The van der Waals surface area contributed by atoms with E-state index in [0.717, 1.165) is 16.5 Å². The molecule has 2 heterocycles. The number of aliphatic carboxylic acids is 1. The van der Waals surface area contributed by atoms with Crippen LogP contribution in [0.4, 0.5) is 0 Å². The lowest BCUT2D eigenvalue weighted by molar-refractivity contribution is -0.154. The number of aromatic amines is 1. The van der Waals surface area contributed by atoms with E-state index in [1.165, 1.54) is 5.56 Å². The second-order valence-corrected chi connectivity index (χ2v) is 6.84. The maximum absolute atomic E-state index is 12.2. The molecule has 25 heavy (non-hydrogen) atoms. The lowest BCUT2D eigenvalue weighted by Gasteiger charge is -2.33. The van der Waals surface area contributed by atoms with Crippen LogP contribution in [0, 0.1) is 12.3 Å². The Bertz CT molecular complexity index is 775. The number of hydrogen-bond acceptors (Lipinski definition) is 3. The summed E-state index contributed by atoms with van der Waals surface area (Å²) in [5.74, 6) is -0.975. The van der Waals surface area contributed by atoms with E-state index in [4.69, 9.17) is 4.74 Å². The van der Waals surface area contributed by atoms with Gasteiger partial charge in [0.25, 0.3) is 0 Å². The van der Waals surface area contributed by atoms with Crippen LogP contribution < -0.4 is 5.32 Å². The number of aromatic nitrogens is 1. The number of carboxylic acids is 1. The SMILES string of the molecule is Cc1ccc2[nH]cc(CCC(=O)NCC3(C(=O)O)CCOCC3)c2c1. The van der Waals surface area contributed by atoms with E-state index >= 15 is 0 Å². The van der Waals surface area contributed by atoms with Crippen molar-refractivity contribution in [3.63, 3.8) is 0 Å². The Kier molecular flexibility index (Phi) is 5.08. The fraction of sp³-hybridized carbons (Fsp3) is 0.474. The molecular weight excluding hydrogens is 320 g/mol. The van der Waals surface area contributed by atoms with Gasteiger partial charge >= 0.3 is 5.97 Å². The number of carbonyl (C=O) groups excluding carboxylic acids is 1. The molecule has 1 saturated heterocycles. The highest BCUT2D eigenvalue weighted by molar-refractivity contribution is 5.85. The van der Waals surface area contributed by atoms with Crippen LogP contribution in [0.1, 0.15) is 30.4 Å². The summed E-state index contributed by atoms with van der Waals surface area (Å²) >= 11 is 0. The standard InChI is InChI=1S/C19H24N2O4/c1-13-2-4-16-15(10-13)14(11-20-16)3-5-17(22)21-12-19(18(23)24)6-8-25-9-7-19/h2,4,10-11,20H,3,5-9,12H2,1H3,(H,21,22)(H,23,24). The third kappa shape index (κ3) is 3.85. The molecule has 0 spiro atoms. The number of aryl methyl sites for hydroxylation is 2. The zero-order chi connectivity index (χ0) is 17.9. The molecule has 0 atom stereocenters. The average Bonchev–Trinajstić information content (AvgIpc) is 3.01. The molecule has 3 rings (SSSR count). The first kappa shape index (κ1) is 17.5. The van der Waals surface area contributed by atoms with E-state index in [2.05, 4.69) is 22.4 Å². The molecule has 0 unspecified atom stereocenters. The van der Waals surface area contributed by atoms with Crippen LogP contribution in [0.15, 0.2) is 24.4 Å². The van der Waals surface area contributed by atoms with Crippen LogP contribution in [-0.2, 0) is 20.7 Å². The molecule has 1 aromatic carbocycles. The Morgan fingerprint density at radius 1 is 1.32 bits per heavy atom. The molecule has 0 bridgehead atoms. The Morgan fingerprint density at radius 3 is 2.80 bits per heavy atom. The number of benzene rings is 1. The van der Waals surface area contributed by atoms with Gasteiger partial charge in [-0.25, -0.2) is 0 Å². The molecule has 1 fully saturated rings. The van der Waals surface area contributed by atoms with Gasteiger partial charge in [0.05, 0.1) is 5.41 Å². The van der Waals surface area contributed by atoms with Gasteiger partial charge in [-0.05, 0) is 43.9 Å². The number of H-pyrrole nitrogens is 1. The van der Waals surface area contributed by atoms with Crippen LogP contribution in [0.5, 0.6) is 0 Å². The van der Waals surface area contributed by atoms with Crippen molar-refractivity contribution in [2.24, 2.45) is 5.41 Å². The summed E-state index contributed by atoms with van der Waals surface area (Å²) < 4.78 is 5.25. The molecule has 1 aliphatic rings. The molecule has 0 radical (unpaired) electrons. The fourth-order valence-corrected chi connectivity index (χ4v) is 3.33. The van der Waals surface area contributed by atoms with Crippen LogP contribution >= 0.6 is 0 Å². The first-order chi connectivity index (χ1) is 12.0. The van der Waals surface area contributed by atoms with Gasteiger partial charge in [-0.3, -0.25) is 9.59 Å². The minimum absolute atomic E-state index is 0.117. The highest BCUT2D eigenvalue weighted by Crippen LogP contribution is 2.30. The third-order valence-corrected chi connectivity index (χ3v) is 5.07. The van der Waals surface area contributed by atoms with Crippen molar-refractivity contribution >= 4 is 22.8 Å². The number of hydrogen-bond donors (Lipinski definition) is 3. The van der Waals surface area contributed by atoms with E-state index in [1.807, 2.05) is 19.2 Å². The van der Waals surface area contributed by atoms with Crippen molar-refractivity contribution in [2.45, 2.75) is 32.6 Å². The van der Waals surface area contributed by atoms with E-state index in [1.54, 1.807) is 0 Å². The van der Waals surface area contributed by atoms with Gasteiger partial charge in [-0.15, -0.1) is 0 Å². The zero-order valence-corrected chi connectivity index (χ0v) is 14.4. The minimum Gasteiger partial charge on any atom is -0.481 e. The number of nitrogens with one attached hydrogen (secondary N) is 2. The van der Waals surface area contributed by atoms with Crippen LogP contribution in [0.3, 0.4) is 0 Å². The lowest BCUT2D eigenvalue weighted by atomic mass is 9.80. The predicted molar refractivity (Wildman–Crippen MR) is 94.5 cm³/mol. The fourth-order valence-electron chi connectivity index (χ4n) is 3.33. The van der Waals surface area contributed by atoms with Crippen LogP contribution in [-0.4, -0.2) is 41.7 Å². The quantitative estimate of drug-likeness (QED) is 0.750. The van der Waals surface area contributed by atoms with Gasteiger partial charge in [0.2, 0.25) is 5.91 Å². The number of fused-ring (bicyclic) bond motifs is 1. The summed E-state index contributed by atoms with van der Waals surface area (Å²) in [5, 5.41) is 13.5. The van der Waals surface area contributed by atoms with Crippen molar-refractivity contribution in [3.8, 4) is 0 Å². The molecule has 1 aromatic heterocycles. The molecule has 134 valence electrons. The van der Waals surface area contributed by atoms with E-state index in [-0.39, 0.29) is 12.5 Å². The monoisotopic (exact) mass is 344 g/mol. The lowest BCUT2D eigenvalue weighted by Crippen LogP contribution is -2.46. The molecular formula is C19H24N2O4. The Balaban J connectivity index is 1.57. The number of rotatable bonds is 6. The van der Waals surface area contributed by atoms with Crippen LogP contribution in [0.2, 0.25) is 0 Å². The van der Waals surface area contributed by atoms with E-state index < -0.39 is 11.4 Å². The molecule has 1 aliphatic heterocycles. The molecule has 2 aromatic rings. The first-order valence-corrected chi connectivity index (χ1v) is 8.65. The Hall–Kier alpha value is -2.34.